The number of fused-ring (bicyclic) bond motifs is 8. The van der Waals surface area contributed by atoms with Crippen LogP contribution in [-0.2, 0) is 35.5 Å². The van der Waals surface area contributed by atoms with Gasteiger partial charge in [0.15, 0.2) is 0 Å². The normalized spacial score (nSPS) is 12.7. The van der Waals surface area contributed by atoms with Gasteiger partial charge in [0.1, 0.15) is 11.4 Å². The number of carboxylic acid groups (broad SMARTS) is 2. The molecule has 5 heterocycles. The van der Waals surface area contributed by atoms with Gasteiger partial charge in [-0.25, -0.2) is 9.97 Å². The average Bonchev–Trinajstić information content (AvgIpc) is 3.63. The van der Waals surface area contributed by atoms with Gasteiger partial charge in [0.25, 0.3) is 0 Å². The van der Waals surface area contributed by atoms with Gasteiger partial charge in [-0.1, -0.05) is 65.7 Å². The number of aliphatic carboxylic acids is 2. The molecule has 3 N–H and O–H groups in total. The van der Waals surface area contributed by atoms with Crippen molar-refractivity contribution in [2.75, 3.05) is 0 Å². The van der Waals surface area contributed by atoms with Gasteiger partial charge in [-0.3, -0.25) is 9.59 Å². The molecule has 0 fully saturated rings. The molecular formula is C34H32N4O5Zn. The maximum Gasteiger partial charge on any atom is 2.00 e. The quantitative estimate of drug-likeness (QED) is 0.235. The van der Waals surface area contributed by atoms with Crippen molar-refractivity contribution in [2.45, 2.75) is 53.4 Å². The fourth-order valence-corrected chi connectivity index (χ4v) is 5.73. The van der Waals surface area contributed by atoms with Gasteiger partial charge in [0.2, 0.25) is 0 Å². The maximum atomic E-state index is 11.6. The summed E-state index contributed by atoms with van der Waals surface area (Å²) in [7, 11) is 0. The van der Waals surface area contributed by atoms with Gasteiger partial charge >= 0.3 is 31.4 Å². The molecule has 44 heavy (non-hydrogen) atoms. The number of aromatic nitrogens is 4. The number of rotatable bonds is 8. The van der Waals surface area contributed by atoms with Crippen LogP contribution in [0.1, 0.15) is 78.1 Å². The maximum absolute atomic E-state index is 11.6. The topological polar surface area (TPSA) is 149 Å². The molecule has 8 bridgehead atoms. The second-order valence-electron chi connectivity index (χ2n) is 10.7. The number of nitrogens with zero attached hydrogens (tertiary/aromatic N) is 4. The number of allylic oxidation sites excluding steroid dienone is 5. The van der Waals surface area contributed by atoms with Crippen molar-refractivity contribution < 1.29 is 44.4 Å². The fourth-order valence-electron chi connectivity index (χ4n) is 5.73. The Kier molecular flexibility index (Phi) is 9.26. The van der Waals surface area contributed by atoms with Gasteiger partial charge in [0.05, 0.1) is 17.1 Å². The first kappa shape index (κ1) is 32.4. The van der Waals surface area contributed by atoms with Crippen molar-refractivity contribution in [3.63, 3.8) is 0 Å². The molecule has 0 unspecified atom stereocenters. The minimum Gasteiger partial charge on any atom is -0.657 e. The molecule has 0 radical (unpaired) electrons. The van der Waals surface area contributed by atoms with Crippen LogP contribution < -0.4 is 9.97 Å². The Morgan fingerprint density at radius 2 is 1.43 bits per heavy atom. The smallest absolute Gasteiger partial charge is 0.657 e. The molecule has 0 aromatic carbocycles. The summed E-state index contributed by atoms with van der Waals surface area (Å²) in [4.78, 5) is 42.4. The third kappa shape index (κ3) is 5.70. The Morgan fingerprint density at radius 1 is 0.795 bits per heavy atom. The van der Waals surface area contributed by atoms with E-state index in [0.29, 0.717) is 56.0 Å². The largest absolute Gasteiger partial charge is 2.00 e. The monoisotopic (exact) mass is 640 g/mol. The first-order valence-electron chi connectivity index (χ1n) is 13.9. The molecular weight excluding hydrogens is 610 g/mol. The molecule has 0 spiro atoms. The summed E-state index contributed by atoms with van der Waals surface area (Å²) in [5.74, 6) is -2.02. The number of carbonyl (C=O) groups is 2. The van der Waals surface area contributed by atoms with E-state index < -0.39 is 11.9 Å². The van der Waals surface area contributed by atoms with Gasteiger partial charge in [-0.15, -0.1) is 16.6 Å². The standard InChI is InChI=1S/C34H34N4O5.Zn/c1-7-20-16(3)24-14-27-21(8-2)18(5)32(37-27)34(43)33-19(6)23(10-12-31(41)42)29(38-33)15-28-22(9-11-30(39)40)17(4)25(36-28)13-26(20)35-24;/h7-8,13-15H,1-2,9-12H2,3-6H3,(H5,35,36,37,38,39,40,41,42,43);/q;+2/p-2. The van der Waals surface area contributed by atoms with Crippen LogP contribution in [0.3, 0.4) is 0 Å². The zero-order chi connectivity index (χ0) is 31.2. The number of aryl methyl sites for hydroxylation is 3. The van der Waals surface area contributed by atoms with Crippen LogP contribution in [0.25, 0.3) is 50.4 Å². The molecule has 0 atom stereocenters. The van der Waals surface area contributed by atoms with Crippen molar-refractivity contribution in [3.05, 3.63) is 82.5 Å². The molecule has 5 rings (SSSR count). The van der Waals surface area contributed by atoms with Crippen molar-refractivity contribution in [1.29, 1.82) is 0 Å². The Morgan fingerprint density at radius 3 is 2.07 bits per heavy atom. The second-order valence-corrected chi connectivity index (χ2v) is 10.7. The number of hydrogen-bond donors (Lipinski definition) is 3. The van der Waals surface area contributed by atoms with E-state index in [4.69, 9.17) is 19.9 Å². The summed E-state index contributed by atoms with van der Waals surface area (Å²) < 4.78 is 0. The molecule has 3 aromatic heterocycles. The second kappa shape index (κ2) is 12.6. The van der Waals surface area contributed by atoms with E-state index in [0.717, 1.165) is 33.4 Å². The van der Waals surface area contributed by atoms with Crippen LogP contribution in [0.5, 0.6) is 5.75 Å². The van der Waals surface area contributed by atoms with Gasteiger partial charge in [-0.2, -0.15) is 0 Å². The molecule has 2 aliphatic rings. The predicted octanol–water partition coefficient (Wildman–Crippen LogP) is 6.47. The molecule has 0 amide bonds. The van der Waals surface area contributed by atoms with Gasteiger partial charge < -0.3 is 25.3 Å². The molecule has 2 aliphatic heterocycles. The van der Waals surface area contributed by atoms with E-state index in [1.807, 2.05) is 32.9 Å². The van der Waals surface area contributed by atoms with Crippen LogP contribution >= 0.6 is 0 Å². The zero-order valence-corrected chi connectivity index (χ0v) is 28.3. The van der Waals surface area contributed by atoms with Crippen LogP contribution in [0, 0.1) is 13.8 Å². The van der Waals surface area contributed by atoms with Crippen LogP contribution in [0.4, 0.5) is 0 Å². The van der Waals surface area contributed by atoms with Crippen molar-refractivity contribution in [2.24, 2.45) is 0 Å². The number of aromatic hydroxyl groups is 1. The van der Waals surface area contributed by atoms with Crippen molar-refractivity contribution in [1.82, 2.24) is 19.9 Å². The zero-order valence-electron chi connectivity index (χ0n) is 25.3. The summed E-state index contributed by atoms with van der Waals surface area (Å²) in [6.07, 6.45) is 3.64. The summed E-state index contributed by atoms with van der Waals surface area (Å²) in [5, 5.41) is 30.5. The van der Waals surface area contributed by atoms with Gasteiger partial charge in [-0.05, 0) is 62.8 Å². The van der Waals surface area contributed by atoms with E-state index >= 15 is 0 Å². The summed E-state index contributed by atoms with van der Waals surface area (Å²) in [6.45, 7) is 15.5. The molecule has 0 aliphatic carbocycles. The molecule has 10 heteroatoms. The van der Waals surface area contributed by atoms with E-state index in [2.05, 4.69) is 13.2 Å². The Balaban J connectivity index is 0.00000442. The minimum atomic E-state index is -0.958. The van der Waals surface area contributed by atoms with E-state index in [-0.39, 0.29) is 50.9 Å². The number of carboxylic acids is 2. The van der Waals surface area contributed by atoms with Crippen LogP contribution in [0.15, 0.2) is 37.4 Å². The summed E-state index contributed by atoms with van der Waals surface area (Å²) >= 11 is 0. The molecule has 9 nitrogen and oxygen atoms in total. The van der Waals surface area contributed by atoms with Crippen LogP contribution in [-0.4, -0.2) is 37.2 Å². The van der Waals surface area contributed by atoms with E-state index in [9.17, 15) is 24.9 Å². The van der Waals surface area contributed by atoms with Crippen molar-refractivity contribution in [3.8, 4) is 5.75 Å². The predicted molar refractivity (Wildman–Crippen MR) is 168 cm³/mol. The summed E-state index contributed by atoms with van der Waals surface area (Å²) in [6, 6.07) is 5.47. The van der Waals surface area contributed by atoms with Crippen molar-refractivity contribution >= 4 is 62.4 Å². The van der Waals surface area contributed by atoms with Gasteiger partial charge in [0, 0.05) is 18.4 Å². The molecule has 3 aromatic rings. The first-order valence-corrected chi connectivity index (χ1v) is 13.9. The minimum absolute atomic E-state index is 0. The Labute approximate surface area is 267 Å². The SMILES string of the molecule is C=CC1=C(C)c2nc1cc1[n-]c(cc3nc(cc4[n-]c(c(C)c4CCC(=O)O)c2O)C(CCC(=O)O)=C3C)c(C=C)c1C.[Zn+2]. The van der Waals surface area contributed by atoms with E-state index in [1.54, 1.807) is 25.1 Å². The van der Waals surface area contributed by atoms with Crippen LogP contribution in [0.2, 0.25) is 0 Å². The first-order chi connectivity index (χ1) is 20.4. The molecule has 220 valence electrons. The Hall–Kier alpha value is -4.56. The third-order valence-electron chi connectivity index (χ3n) is 8.16. The summed E-state index contributed by atoms with van der Waals surface area (Å²) in [5.41, 5.74) is 10.3. The molecule has 0 saturated heterocycles. The average molecular weight is 642 g/mol. The number of hydrogen-bond acceptors (Lipinski definition) is 5. The third-order valence-corrected chi connectivity index (χ3v) is 8.16. The molecule has 0 saturated carbocycles. The fraction of sp³-hybridized carbons (Fsp3) is 0.235. The van der Waals surface area contributed by atoms with E-state index in [1.165, 1.54) is 0 Å². The Bertz CT molecular complexity index is 1980.